The molecule has 1 aromatic rings. The number of carbonyl (C=O) groups excluding carboxylic acids is 3. The maximum Gasteiger partial charge on any atom is 0.239 e. The number of rotatable bonds is 6. The maximum absolute atomic E-state index is 11.9. The summed E-state index contributed by atoms with van der Waals surface area (Å²) in [6.45, 7) is 0.904. The lowest BCUT2D eigenvalue weighted by atomic mass is 10.1. The van der Waals surface area contributed by atoms with Crippen molar-refractivity contribution in [3.63, 3.8) is 0 Å². The summed E-state index contributed by atoms with van der Waals surface area (Å²) in [7, 11) is 0. The fourth-order valence-corrected chi connectivity index (χ4v) is 2.39. The zero-order valence-electron chi connectivity index (χ0n) is 13.0. The molecule has 124 valence electrons. The predicted molar refractivity (Wildman–Crippen MR) is 86.6 cm³/mol. The van der Waals surface area contributed by atoms with Gasteiger partial charge >= 0.3 is 0 Å². The summed E-state index contributed by atoms with van der Waals surface area (Å²) < 4.78 is 0. The summed E-state index contributed by atoms with van der Waals surface area (Å²) in [5.74, 6) is -0.481. The molecule has 0 saturated carbocycles. The molecule has 3 amide bonds. The molecule has 23 heavy (non-hydrogen) atoms. The van der Waals surface area contributed by atoms with Crippen molar-refractivity contribution in [2.24, 2.45) is 5.73 Å². The van der Waals surface area contributed by atoms with Crippen molar-refractivity contribution in [2.75, 3.05) is 24.5 Å². The average molecular weight is 318 g/mol. The lowest BCUT2D eigenvalue weighted by Gasteiger charge is -2.26. The monoisotopic (exact) mass is 318 g/mol. The SMILES string of the molecule is NCC(=O)NCC(=O)NCc1ccc(N2CCCCC2=O)cc1. The second-order valence-electron chi connectivity index (χ2n) is 5.43. The molecule has 0 radical (unpaired) electrons. The summed E-state index contributed by atoms with van der Waals surface area (Å²) >= 11 is 0. The van der Waals surface area contributed by atoms with Gasteiger partial charge in [-0.3, -0.25) is 14.4 Å². The molecule has 0 atom stereocenters. The Hall–Kier alpha value is -2.41. The third kappa shape index (κ3) is 5.07. The van der Waals surface area contributed by atoms with E-state index in [1.165, 1.54) is 0 Å². The van der Waals surface area contributed by atoms with E-state index in [2.05, 4.69) is 10.6 Å². The lowest BCUT2D eigenvalue weighted by molar-refractivity contribution is -0.125. The number of hydrogen-bond donors (Lipinski definition) is 3. The van der Waals surface area contributed by atoms with Crippen LogP contribution in [0.1, 0.15) is 24.8 Å². The van der Waals surface area contributed by atoms with E-state index in [1.54, 1.807) is 4.90 Å². The van der Waals surface area contributed by atoms with E-state index >= 15 is 0 Å². The number of nitrogens with two attached hydrogens (primary N) is 1. The molecule has 0 unspecified atom stereocenters. The van der Waals surface area contributed by atoms with Gasteiger partial charge in [0.25, 0.3) is 0 Å². The van der Waals surface area contributed by atoms with Crippen LogP contribution in [0.15, 0.2) is 24.3 Å². The first-order chi connectivity index (χ1) is 11.1. The van der Waals surface area contributed by atoms with Gasteiger partial charge in [-0.15, -0.1) is 0 Å². The Bertz CT molecular complexity index is 571. The molecule has 1 aliphatic rings. The smallest absolute Gasteiger partial charge is 0.239 e. The van der Waals surface area contributed by atoms with Crippen LogP contribution >= 0.6 is 0 Å². The Morgan fingerprint density at radius 3 is 2.48 bits per heavy atom. The zero-order valence-corrected chi connectivity index (χ0v) is 13.0. The maximum atomic E-state index is 11.9. The fraction of sp³-hybridized carbons (Fsp3) is 0.438. The van der Waals surface area contributed by atoms with E-state index in [-0.39, 0.29) is 30.8 Å². The number of amides is 3. The van der Waals surface area contributed by atoms with Crippen LogP contribution in [0.25, 0.3) is 0 Å². The molecule has 2 rings (SSSR count). The second-order valence-corrected chi connectivity index (χ2v) is 5.43. The van der Waals surface area contributed by atoms with Crippen molar-refractivity contribution >= 4 is 23.4 Å². The van der Waals surface area contributed by atoms with Crippen LogP contribution in [0, 0.1) is 0 Å². The zero-order chi connectivity index (χ0) is 16.7. The quantitative estimate of drug-likeness (QED) is 0.681. The van der Waals surface area contributed by atoms with Gasteiger partial charge in [0, 0.05) is 25.2 Å². The molecule has 7 heteroatoms. The van der Waals surface area contributed by atoms with Gasteiger partial charge in [-0.05, 0) is 30.5 Å². The molecule has 0 aromatic heterocycles. The minimum absolute atomic E-state index is 0.0869. The van der Waals surface area contributed by atoms with Gasteiger partial charge < -0.3 is 21.3 Å². The summed E-state index contributed by atoms with van der Waals surface area (Å²) in [6.07, 6.45) is 2.59. The highest BCUT2D eigenvalue weighted by Crippen LogP contribution is 2.21. The van der Waals surface area contributed by atoms with Gasteiger partial charge in [0.2, 0.25) is 17.7 Å². The highest BCUT2D eigenvalue weighted by Gasteiger charge is 2.19. The Balaban J connectivity index is 1.82. The molecule has 7 nitrogen and oxygen atoms in total. The number of nitrogens with one attached hydrogen (secondary N) is 2. The molecule has 0 aliphatic carbocycles. The fourth-order valence-electron chi connectivity index (χ4n) is 2.39. The van der Waals surface area contributed by atoms with Crippen LogP contribution in [-0.2, 0) is 20.9 Å². The van der Waals surface area contributed by atoms with Crippen molar-refractivity contribution < 1.29 is 14.4 Å². The van der Waals surface area contributed by atoms with Crippen LogP contribution in [0.5, 0.6) is 0 Å². The lowest BCUT2D eigenvalue weighted by Crippen LogP contribution is -2.39. The third-order valence-electron chi connectivity index (χ3n) is 3.69. The molecule has 1 heterocycles. The van der Waals surface area contributed by atoms with Gasteiger partial charge in [0.1, 0.15) is 0 Å². The molecular weight excluding hydrogens is 296 g/mol. The Labute approximate surface area is 135 Å². The van der Waals surface area contributed by atoms with Gasteiger partial charge in [0.15, 0.2) is 0 Å². The first kappa shape index (κ1) is 17.0. The van der Waals surface area contributed by atoms with E-state index in [0.717, 1.165) is 30.6 Å². The molecule has 1 aliphatic heterocycles. The molecule has 0 spiro atoms. The average Bonchev–Trinajstić information content (AvgIpc) is 2.58. The standard InChI is InChI=1S/C16H22N4O3/c17-9-14(21)19-11-15(22)18-10-12-4-6-13(7-5-12)20-8-2-1-3-16(20)23/h4-7H,1-3,8-11,17H2,(H,18,22)(H,19,21). The number of anilines is 1. The normalized spacial score (nSPS) is 14.5. The molecule has 1 saturated heterocycles. The van der Waals surface area contributed by atoms with Crippen molar-refractivity contribution in [1.82, 2.24) is 10.6 Å². The molecular formula is C16H22N4O3. The van der Waals surface area contributed by atoms with Gasteiger partial charge in [-0.2, -0.15) is 0 Å². The van der Waals surface area contributed by atoms with Crippen molar-refractivity contribution in [2.45, 2.75) is 25.8 Å². The van der Waals surface area contributed by atoms with E-state index in [4.69, 9.17) is 5.73 Å². The predicted octanol–water partition coefficient (Wildman–Crippen LogP) is -0.105. The first-order valence-corrected chi connectivity index (χ1v) is 7.73. The largest absolute Gasteiger partial charge is 0.350 e. The van der Waals surface area contributed by atoms with Crippen molar-refractivity contribution in [3.05, 3.63) is 29.8 Å². The van der Waals surface area contributed by atoms with Crippen LogP contribution in [0.4, 0.5) is 5.69 Å². The van der Waals surface area contributed by atoms with Crippen molar-refractivity contribution in [3.8, 4) is 0 Å². The van der Waals surface area contributed by atoms with Gasteiger partial charge in [-0.1, -0.05) is 12.1 Å². The molecule has 0 bridgehead atoms. The third-order valence-corrected chi connectivity index (χ3v) is 3.69. The summed E-state index contributed by atoms with van der Waals surface area (Å²) in [5.41, 5.74) is 6.95. The van der Waals surface area contributed by atoms with Crippen LogP contribution in [0.3, 0.4) is 0 Å². The van der Waals surface area contributed by atoms with E-state index in [0.29, 0.717) is 13.0 Å². The second kappa shape index (κ2) is 8.28. The number of nitrogens with zero attached hydrogens (tertiary/aromatic N) is 1. The van der Waals surface area contributed by atoms with E-state index in [9.17, 15) is 14.4 Å². The highest BCUT2D eigenvalue weighted by atomic mass is 16.2. The molecule has 4 N–H and O–H groups in total. The van der Waals surface area contributed by atoms with Gasteiger partial charge in [-0.25, -0.2) is 0 Å². The Morgan fingerprint density at radius 1 is 1.09 bits per heavy atom. The van der Waals surface area contributed by atoms with Crippen LogP contribution in [-0.4, -0.2) is 37.4 Å². The Kier molecular flexibility index (Phi) is 6.10. The summed E-state index contributed by atoms with van der Waals surface area (Å²) in [6, 6.07) is 7.55. The van der Waals surface area contributed by atoms with E-state index in [1.807, 2.05) is 24.3 Å². The number of piperidine rings is 1. The molecule has 1 aromatic carbocycles. The number of benzene rings is 1. The van der Waals surface area contributed by atoms with Crippen LogP contribution < -0.4 is 21.3 Å². The van der Waals surface area contributed by atoms with Crippen molar-refractivity contribution in [1.29, 1.82) is 0 Å². The molecule has 1 fully saturated rings. The summed E-state index contributed by atoms with van der Waals surface area (Å²) in [5, 5.41) is 5.12. The highest BCUT2D eigenvalue weighted by molar-refractivity contribution is 5.94. The topological polar surface area (TPSA) is 105 Å². The van der Waals surface area contributed by atoms with Crippen LogP contribution in [0.2, 0.25) is 0 Å². The summed E-state index contributed by atoms with van der Waals surface area (Å²) in [4.78, 5) is 36.2. The Morgan fingerprint density at radius 2 is 1.83 bits per heavy atom. The first-order valence-electron chi connectivity index (χ1n) is 7.73. The van der Waals surface area contributed by atoms with Gasteiger partial charge in [0.05, 0.1) is 13.1 Å². The van der Waals surface area contributed by atoms with E-state index < -0.39 is 0 Å². The number of carbonyl (C=O) groups is 3. The number of hydrogen-bond acceptors (Lipinski definition) is 4. The minimum atomic E-state index is -0.365. The minimum Gasteiger partial charge on any atom is -0.350 e.